The first-order chi connectivity index (χ1) is 9.54. The minimum absolute atomic E-state index is 0.0798. The minimum Gasteiger partial charge on any atom is -0.308 e. The molecule has 6 heteroatoms. The summed E-state index contributed by atoms with van der Waals surface area (Å²) in [6.45, 7) is 2.04. The Bertz CT molecular complexity index is 632. The van der Waals surface area contributed by atoms with E-state index in [4.69, 9.17) is 0 Å². The number of rotatable bonds is 4. The summed E-state index contributed by atoms with van der Waals surface area (Å²) in [5.41, 5.74) is 2.35. The number of carbonyl (C=O) groups is 1. The van der Waals surface area contributed by atoms with Gasteiger partial charge in [-0.2, -0.15) is 0 Å². The van der Waals surface area contributed by atoms with Crippen molar-refractivity contribution in [2.45, 2.75) is 19.8 Å². The van der Waals surface area contributed by atoms with Crippen LogP contribution in [0.4, 0.5) is 5.82 Å². The summed E-state index contributed by atoms with van der Waals surface area (Å²) in [5, 5.41) is 2.74. The fraction of sp³-hybridized carbons (Fsp3) is 0.214. The molecule has 1 amide bonds. The highest BCUT2D eigenvalue weighted by atomic mass is 79.9. The molecule has 0 radical (unpaired) electrons. The van der Waals surface area contributed by atoms with E-state index in [0.29, 0.717) is 27.9 Å². The minimum atomic E-state index is -0.0798. The number of nitrogens with one attached hydrogen (secondary N) is 1. The molecule has 0 aliphatic rings. The van der Waals surface area contributed by atoms with Gasteiger partial charge in [0, 0.05) is 6.42 Å². The number of carbonyl (C=O) groups excluding carboxylic acids is 1. The predicted octanol–water partition coefficient (Wildman–Crippen LogP) is 3.88. The molecule has 104 valence electrons. The summed E-state index contributed by atoms with van der Waals surface area (Å²) in [4.78, 5) is 20.1. The third kappa shape index (κ3) is 4.38. The number of amides is 1. The van der Waals surface area contributed by atoms with Crippen LogP contribution in [0.15, 0.2) is 39.7 Å². The molecule has 0 atom stereocenters. The third-order valence-corrected chi connectivity index (χ3v) is 3.62. The molecule has 0 unspecified atom stereocenters. The lowest BCUT2D eigenvalue weighted by Crippen LogP contribution is -2.14. The van der Waals surface area contributed by atoms with Gasteiger partial charge in [0.25, 0.3) is 0 Å². The van der Waals surface area contributed by atoms with Gasteiger partial charge >= 0.3 is 0 Å². The van der Waals surface area contributed by atoms with Crippen molar-refractivity contribution >= 4 is 43.6 Å². The van der Waals surface area contributed by atoms with Crippen LogP contribution in [0.1, 0.15) is 17.5 Å². The molecule has 0 aliphatic heterocycles. The first kappa shape index (κ1) is 15.1. The van der Waals surface area contributed by atoms with E-state index in [1.807, 2.05) is 25.1 Å². The standard InChI is InChI=1S/C14H13Br2N3O/c1-9-3-2-4-10(7-9)5-6-12(20)19-14-13(16)18-11(15)8-17-14/h2-4,7-8H,5-6H2,1H3,(H,17,19,20). The Hall–Kier alpha value is -1.27. The number of benzene rings is 1. The summed E-state index contributed by atoms with van der Waals surface area (Å²) in [6.07, 6.45) is 2.66. The Labute approximate surface area is 134 Å². The lowest BCUT2D eigenvalue weighted by atomic mass is 10.1. The van der Waals surface area contributed by atoms with Crippen LogP contribution < -0.4 is 5.32 Å². The molecule has 1 aromatic heterocycles. The third-order valence-electron chi connectivity index (χ3n) is 2.68. The Morgan fingerprint density at radius 3 is 2.85 bits per heavy atom. The molecular formula is C14H13Br2N3O. The van der Waals surface area contributed by atoms with Crippen LogP contribution in [0.2, 0.25) is 0 Å². The lowest BCUT2D eigenvalue weighted by molar-refractivity contribution is -0.116. The molecular weight excluding hydrogens is 386 g/mol. The Morgan fingerprint density at radius 2 is 2.15 bits per heavy atom. The molecule has 0 saturated carbocycles. The number of nitrogens with zero attached hydrogens (tertiary/aromatic N) is 2. The molecule has 1 N–H and O–H groups in total. The van der Waals surface area contributed by atoms with Gasteiger partial charge in [0.2, 0.25) is 5.91 Å². The zero-order chi connectivity index (χ0) is 14.5. The summed E-state index contributed by atoms with van der Waals surface area (Å²) in [6, 6.07) is 8.15. The molecule has 0 spiro atoms. The Morgan fingerprint density at radius 1 is 1.35 bits per heavy atom. The fourth-order valence-corrected chi connectivity index (χ4v) is 2.66. The van der Waals surface area contributed by atoms with E-state index in [9.17, 15) is 4.79 Å². The lowest BCUT2D eigenvalue weighted by Gasteiger charge is -2.06. The quantitative estimate of drug-likeness (QED) is 0.850. The second-order valence-corrected chi connectivity index (χ2v) is 5.93. The van der Waals surface area contributed by atoms with E-state index < -0.39 is 0 Å². The van der Waals surface area contributed by atoms with Crippen LogP contribution in [0.3, 0.4) is 0 Å². The number of halogens is 2. The van der Waals surface area contributed by atoms with E-state index in [1.54, 1.807) is 6.20 Å². The van der Waals surface area contributed by atoms with Crippen molar-refractivity contribution in [1.29, 1.82) is 0 Å². The van der Waals surface area contributed by atoms with Gasteiger partial charge in [0.1, 0.15) is 9.21 Å². The van der Waals surface area contributed by atoms with Crippen molar-refractivity contribution in [1.82, 2.24) is 9.97 Å². The molecule has 1 heterocycles. The molecule has 20 heavy (non-hydrogen) atoms. The van der Waals surface area contributed by atoms with E-state index >= 15 is 0 Å². The van der Waals surface area contributed by atoms with Crippen molar-refractivity contribution in [3.63, 3.8) is 0 Å². The number of aromatic nitrogens is 2. The zero-order valence-electron chi connectivity index (χ0n) is 10.9. The van der Waals surface area contributed by atoms with Crippen LogP contribution in [-0.4, -0.2) is 15.9 Å². The summed E-state index contributed by atoms with van der Waals surface area (Å²) < 4.78 is 1.12. The van der Waals surface area contributed by atoms with Gasteiger partial charge in [-0.25, -0.2) is 9.97 Å². The number of hydrogen-bond acceptors (Lipinski definition) is 3. The summed E-state index contributed by atoms with van der Waals surface area (Å²) in [5.74, 6) is 0.353. The number of anilines is 1. The normalized spacial score (nSPS) is 10.3. The first-order valence-electron chi connectivity index (χ1n) is 6.08. The Balaban J connectivity index is 1.92. The second-order valence-electron chi connectivity index (χ2n) is 4.37. The van der Waals surface area contributed by atoms with Gasteiger partial charge in [-0.15, -0.1) is 0 Å². The highest BCUT2D eigenvalue weighted by Gasteiger charge is 2.08. The molecule has 0 fully saturated rings. The second kappa shape index (κ2) is 6.95. The van der Waals surface area contributed by atoms with Crippen LogP contribution in [0.5, 0.6) is 0 Å². The smallest absolute Gasteiger partial charge is 0.225 e. The molecule has 2 rings (SSSR count). The maximum absolute atomic E-state index is 11.9. The van der Waals surface area contributed by atoms with Crippen LogP contribution in [-0.2, 0) is 11.2 Å². The van der Waals surface area contributed by atoms with Gasteiger partial charge in [-0.1, -0.05) is 29.8 Å². The van der Waals surface area contributed by atoms with Crippen LogP contribution in [0.25, 0.3) is 0 Å². The Kier molecular flexibility index (Phi) is 5.25. The summed E-state index contributed by atoms with van der Waals surface area (Å²) >= 11 is 6.48. The maximum Gasteiger partial charge on any atom is 0.225 e. The molecule has 2 aromatic rings. The SMILES string of the molecule is Cc1cccc(CCC(=O)Nc2ncc(Br)nc2Br)c1. The van der Waals surface area contributed by atoms with Gasteiger partial charge in [0.05, 0.1) is 6.20 Å². The van der Waals surface area contributed by atoms with Gasteiger partial charge in [-0.05, 0) is 50.8 Å². The summed E-state index contributed by atoms with van der Waals surface area (Å²) in [7, 11) is 0. The molecule has 0 saturated heterocycles. The first-order valence-corrected chi connectivity index (χ1v) is 7.66. The van der Waals surface area contributed by atoms with Crippen molar-refractivity contribution in [2.24, 2.45) is 0 Å². The van der Waals surface area contributed by atoms with Crippen molar-refractivity contribution < 1.29 is 4.79 Å². The molecule has 0 aliphatic carbocycles. The predicted molar refractivity (Wildman–Crippen MR) is 85.6 cm³/mol. The van der Waals surface area contributed by atoms with Crippen molar-refractivity contribution in [3.8, 4) is 0 Å². The zero-order valence-corrected chi connectivity index (χ0v) is 14.0. The van der Waals surface area contributed by atoms with Gasteiger partial charge in [0.15, 0.2) is 5.82 Å². The highest BCUT2D eigenvalue weighted by molar-refractivity contribution is 9.11. The van der Waals surface area contributed by atoms with Crippen LogP contribution >= 0.6 is 31.9 Å². The van der Waals surface area contributed by atoms with E-state index in [0.717, 1.165) is 5.56 Å². The molecule has 4 nitrogen and oxygen atoms in total. The highest BCUT2D eigenvalue weighted by Crippen LogP contribution is 2.19. The van der Waals surface area contributed by atoms with Crippen molar-refractivity contribution in [3.05, 3.63) is 50.8 Å². The van der Waals surface area contributed by atoms with E-state index in [1.165, 1.54) is 5.56 Å². The average Bonchev–Trinajstić information content (AvgIpc) is 2.40. The van der Waals surface area contributed by atoms with Gasteiger partial charge in [-0.3, -0.25) is 4.79 Å². The monoisotopic (exact) mass is 397 g/mol. The van der Waals surface area contributed by atoms with Gasteiger partial charge < -0.3 is 5.32 Å². The largest absolute Gasteiger partial charge is 0.308 e. The molecule has 1 aromatic carbocycles. The fourth-order valence-electron chi connectivity index (χ4n) is 1.75. The maximum atomic E-state index is 11.9. The van der Waals surface area contributed by atoms with E-state index in [2.05, 4.69) is 53.2 Å². The molecule has 0 bridgehead atoms. The van der Waals surface area contributed by atoms with Crippen molar-refractivity contribution in [2.75, 3.05) is 5.32 Å². The topological polar surface area (TPSA) is 54.9 Å². The number of hydrogen-bond donors (Lipinski definition) is 1. The van der Waals surface area contributed by atoms with E-state index in [-0.39, 0.29) is 5.91 Å². The number of aryl methyl sites for hydroxylation is 2. The average molecular weight is 399 g/mol. The van der Waals surface area contributed by atoms with Crippen LogP contribution in [0, 0.1) is 6.92 Å².